The van der Waals surface area contributed by atoms with Gasteiger partial charge in [-0.3, -0.25) is 14.4 Å². The molecule has 1 aromatic heterocycles. The van der Waals surface area contributed by atoms with E-state index in [2.05, 4.69) is 4.98 Å². The summed E-state index contributed by atoms with van der Waals surface area (Å²) in [5.41, 5.74) is 4.40. The molecule has 154 valence electrons. The maximum Gasteiger partial charge on any atom is 0.306 e. The van der Waals surface area contributed by atoms with E-state index in [1.165, 1.54) is 6.92 Å². The van der Waals surface area contributed by atoms with Crippen molar-refractivity contribution in [2.45, 2.75) is 39.2 Å². The summed E-state index contributed by atoms with van der Waals surface area (Å²) in [5, 5.41) is 1.09. The quantitative estimate of drug-likeness (QED) is 0.500. The topological polar surface area (TPSA) is 79.5 Å². The average Bonchev–Trinajstić information content (AvgIpc) is 3.35. The fraction of sp³-hybridized carbons (Fsp3) is 0.292. The van der Waals surface area contributed by atoms with Crippen LogP contribution in [-0.4, -0.2) is 35.3 Å². The van der Waals surface area contributed by atoms with Crippen LogP contribution in [0.5, 0.6) is 0 Å². The lowest BCUT2D eigenvalue weighted by Gasteiger charge is -2.16. The van der Waals surface area contributed by atoms with Crippen LogP contribution in [-0.2, 0) is 27.2 Å². The molecular weight excluding hydrogens is 380 g/mol. The number of ketones is 1. The minimum Gasteiger partial charge on any atom is -0.454 e. The van der Waals surface area contributed by atoms with Gasteiger partial charge >= 0.3 is 5.97 Å². The molecule has 6 nitrogen and oxygen atoms in total. The highest BCUT2D eigenvalue weighted by molar-refractivity contribution is 6.02. The number of hydrogen-bond acceptors (Lipinski definition) is 4. The Morgan fingerprint density at radius 1 is 1.17 bits per heavy atom. The van der Waals surface area contributed by atoms with Crippen LogP contribution in [0.4, 0.5) is 5.69 Å². The Bertz CT molecular complexity index is 1130. The number of carbonyl (C=O) groups is 3. The Morgan fingerprint density at radius 3 is 2.77 bits per heavy atom. The van der Waals surface area contributed by atoms with Crippen LogP contribution < -0.4 is 4.90 Å². The van der Waals surface area contributed by atoms with E-state index < -0.39 is 12.1 Å². The highest BCUT2D eigenvalue weighted by atomic mass is 16.5. The van der Waals surface area contributed by atoms with Crippen molar-refractivity contribution in [1.82, 2.24) is 4.98 Å². The van der Waals surface area contributed by atoms with E-state index in [0.717, 1.165) is 34.1 Å². The fourth-order valence-electron chi connectivity index (χ4n) is 4.00. The summed E-state index contributed by atoms with van der Waals surface area (Å²) in [6, 6.07) is 13.2. The zero-order chi connectivity index (χ0) is 21.3. The van der Waals surface area contributed by atoms with Crippen LogP contribution in [0.25, 0.3) is 10.9 Å². The van der Waals surface area contributed by atoms with E-state index in [1.54, 1.807) is 30.0 Å². The molecule has 6 heteroatoms. The molecule has 0 saturated heterocycles. The third kappa shape index (κ3) is 3.85. The Kier molecular flexibility index (Phi) is 5.40. The third-order valence-electron chi connectivity index (χ3n) is 5.59. The number of ether oxygens (including phenoxy) is 1. The average molecular weight is 404 g/mol. The lowest BCUT2D eigenvalue weighted by atomic mass is 10.0. The lowest BCUT2D eigenvalue weighted by molar-refractivity contribution is -0.146. The molecule has 1 amide bonds. The monoisotopic (exact) mass is 404 g/mol. The number of amides is 1. The number of rotatable bonds is 6. The van der Waals surface area contributed by atoms with E-state index >= 15 is 0 Å². The second-order valence-electron chi connectivity index (χ2n) is 7.62. The normalized spacial score (nSPS) is 13.9. The first-order valence-electron chi connectivity index (χ1n) is 10.1. The van der Waals surface area contributed by atoms with Gasteiger partial charge in [0, 0.05) is 48.2 Å². The number of esters is 1. The molecule has 0 unspecified atom stereocenters. The molecule has 1 N–H and O–H groups in total. The van der Waals surface area contributed by atoms with Crippen molar-refractivity contribution in [2.24, 2.45) is 0 Å². The van der Waals surface area contributed by atoms with E-state index in [1.807, 2.05) is 30.5 Å². The Hall–Kier alpha value is -3.41. The predicted octanol–water partition coefficient (Wildman–Crippen LogP) is 3.82. The van der Waals surface area contributed by atoms with Crippen LogP contribution in [0.15, 0.2) is 48.7 Å². The highest BCUT2D eigenvalue weighted by Crippen LogP contribution is 2.29. The van der Waals surface area contributed by atoms with Crippen LogP contribution in [0.2, 0.25) is 0 Å². The van der Waals surface area contributed by atoms with Gasteiger partial charge in [-0.15, -0.1) is 0 Å². The molecular formula is C24H24N2O4. The molecule has 0 spiro atoms. The summed E-state index contributed by atoms with van der Waals surface area (Å²) in [5.74, 6) is -0.644. The SMILES string of the molecule is CC(=O)N1CCc2cc(C(=O)[C@@H](C)OC(=O)CCc3c[nH]c4ccccc34)ccc21. The second-order valence-corrected chi connectivity index (χ2v) is 7.62. The third-order valence-corrected chi connectivity index (χ3v) is 5.59. The van der Waals surface area contributed by atoms with Crippen molar-refractivity contribution < 1.29 is 19.1 Å². The van der Waals surface area contributed by atoms with Crippen LogP contribution in [0.1, 0.15) is 41.8 Å². The van der Waals surface area contributed by atoms with Gasteiger partial charge in [0.15, 0.2) is 6.10 Å². The Morgan fingerprint density at radius 2 is 1.97 bits per heavy atom. The van der Waals surface area contributed by atoms with Gasteiger partial charge in [-0.05, 0) is 55.2 Å². The number of carbonyl (C=O) groups excluding carboxylic acids is 3. The number of benzene rings is 2. The zero-order valence-electron chi connectivity index (χ0n) is 17.1. The first-order valence-corrected chi connectivity index (χ1v) is 10.1. The second kappa shape index (κ2) is 8.14. The Labute approximate surface area is 174 Å². The van der Waals surface area contributed by atoms with Crippen molar-refractivity contribution in [3.63, 3.8) is 0 Å². The maximum atomic E-state index is 12.7. The molecule has 0 saturated carbocycles. The van der Waals surface area contributed by atoms with Gasteiger partial charge in [-0.25, -0.2) is 0 Å². The summed E-state index contributed by atoms with van der Waals surface area (Å²) in [4.78, 5) is 41.6. The molecule has 30 heavy (non-hydrogen) atoms. The van der Waals surface area contributed by atoms with E-state index in [4.69, 9.17) is 4.74 Å². The van der Waals surface area contributed by atoms with Crippen molar-refractivity contribution in [3.05, 3.63) is 65.4 Å². The highest BCUT2D eigenvalue weighted by Gasteiger charge is 2.25. The van der Waals surface area contributed by atoms with E-state index in [9.17, 15) is 14.4 Å². The van der Waals surface area contributed by atoms with Crippen LogP contribution in [0, 0.1) is 0 Å². The zero-order valence-corrected chi connectivity index (χ0v) is 17.1. The van der Waals surface area contributed by atoms with Crippen LogP contribution >= 0.6 is 0 Å². The number of aromatic nitrogens is 1. The molecule has 2 aromatic carbocycles. The minimum atomic E-state index is -0.858. The smallest absolute Gasteiger partial charge is 0.306 e. The lowest BCUT2D eigenvalue weighted by Crippen LogP contribution is -2.26. The summed E-state index contributed by atoms with van der Waals surface area (Å²) in [6.07, 6.45) is 2.51. The summed E-state index contributed by atoms with van der Waals surface area (Å²) >= 11 is 0. The van der Waals surface area contributed by atoms with E-state index in [0.29, 0.717) is 18.5 Å². The first kappa shape index (κ1) is 19.9. The van der Waals surface area contributed by atoms with Crippen molar-refractivity contribution >= 4 is 34.3 Å². The molecule has 0 fully saturated rings. The molecule has 0 radical (unpaired) electrons. The molecule has 1 atom stereocenters. The molecule has 0 aliphatic carbocycles. The number of fused-ring (bicyclic) bond motifs is 2. The molecule has 0 bridgehead atoms. The van der Waals surface area contributed by atoms with E-state index in [-0.39, 0.29) is 18.1 Å². The fourth-order valence-corrected chi connectivity index (χ4v) is 4.00. The predicted molar refractivity (Wildman–Crippen MR) is 115 cm³/mol. The number of aryl methyl sites for hydroxylation is 1. The van der Waals surface area contributed by atoms with Crippen molar-refractivity contribution in [1.29, 1.82) is 0 Å². The van der Waals surface area contributed by atoms with Crippen molar-refractivity contribution in [2.75, 3.05) is 11.4 Å². The van der Waals surface area contributed by atoms with Gasteiger partial charge in [0.05, 0.1) is 0 Å². The molecule has 1 aliphatic heterocycles. The number of para-hydroxylation sites is 1. The van der Waals surface area contributed by atoms with Crippen LogP contribution in [0.3, 0.4) is 0 Å². The van der Waals surface area contributed by atoms with Gasteiger partial charge in [-0.2, -0.15) is 0 Å². The Balaban J connectivity index is 1.36. The number of H-pyrrole nitrogens is 1. The molecule has 2 heterocycles. The number of Topliss-reactive ketones (excluding diaryl/α,β-unsaturated/α-hetero) is 1. The number of nitrogens with zero attached hydrogens (tertiary/aromatic N) is 1. The summed E-state index contributed by atoms with van der Waals surface area (Å²) in [6.45, 7) is 3.76. The van der Waals surface area contributed by atoms with Gasteiger partial charge in [0.25, 0.3) is 0 Å². The van der Waals surface area contributed by atoms with Gasteiger partial charge in [-0.1, -0.05) is 18.2 Å². The standard InChI is InChI=1S/C24H24N2O4/c1-15(24(29)18-7-9-22-17(13-18)11-12-26(22)16(2)27)30-23(28)10-8-19-14-25-21-6-4-3-5-20(19)21/h3-7,9,13-15,25H,8,10-12H2,1-2H3/t15-/m1/s1. The van der Waals surface area contributed by atoms with Gasteiger partial charge in [0.2, 0.25) is 11.7 Å². The molecule has 3 aromatic rings. The van der Waals surface area contributed by atoms with Crippen molar-refractivity contribution in [3.8, 4) is 0 Å². The number of nitrogens with one attached hydrogen (secondary N) is 1. The molecule has 1 aliphatic rings. The largest absolute Gasteiger partial charge is 0.454 e. The molecule has 4 rings (SSSR count). The van der Waals surface area contributed by atoms with Gasteiger partial charge in [0.1, 0.15) is 0 Å². The number of aromatic amines is 1. The minimum absolute atomic E-state index is 0.00896. The first-order chi connectivity index (χ1) is 14.4. The number of anilines is 1. The maximum absolute atomic E-state index is 12.7. The number of hydrogen-bond donors (Lipinski definition) is 1. The summed E-state index contributed by atoms with van der Waals surface area (Å²) in [7, 11) is 0. The van der Waals surface area contributed by atoms with Gasteiger partial charge < -0.3 is 14.6 Å². The summed E-state index contributed by atoms with van der Waals surface area (Å²) < 4.78 is 5.39.